The molecule has 0 saturated carbocycles. The van der Waals surface area contributed by atoms with E-state index in [1.54, 1.807) is 0 Å². The Labute approximate surface area is 180 Å². The van der Waals surface area contributed by atoms with Crippen LogP contribution in [0.3, 0.4) is 0 Å². The zero-order valence-corrected chi connectivity index (χ0v) is 17.9. The number of esters is 1. The molecule has 4 N–H and O–H groups in total. The summed E-state index contributed by atoms with van der Waals surface area (Å²) < 4.78 is 28.2. The highest BCUT2D eigenvalue weighted by molar-refractivity contribution is 7.53. The lowest BCUT2D eigenvalue weighted by molar-refractivity contribution is -0.155. The number of imidazole rings is 1. The van der Waals surface area contributed by atoms with Gasteiger partial charge in [-0.15, -0.1) is 0 Å². The molecule has 0 unspecified atom stereocenters. The Morgan fingerprint density at radius 2 is 1.97 bits per heavy atom. The summed E-state index contributed by atoms with van der Waals surface area (Å²) in [6.07, 6.45) is -3.85. The van der Waals surface area contributed by atoms with Gasteiger partial charge in [-0.25, -0.2) is 9.78 Å². The lowest BCUT2D eigenvalue weighted by Gasteiger charge is -2.21. The molecule has 2 aromatic rings. The number of hydrogen-bond acceptors (Lipinski definition) is 8. The van der Waals surface area contributed by atoms with Gasteiger partial charge in [0.25, 0.3) is 5.85 Å². The topological polar surface area (TPSA) is 161 Å². The number of aliphatic hydroxyl groups excluding tert-OH is 2. The first kappa shape index (κ1) is 23.4. The molecule has 3 rings (SSSR count). The first-order chi connectivity index (χ1) is 14.0. The maximum atomic E-state index is 11.8. The third-order valence-corrected chi connectivity index (χ3v) is 6.13. The van der Waals surface area contributed by atoms with Gasteiger partial charge < -0.3 is 38.8 Å². The van der Waals surface area contributed by atoms with Crippen LogP contribution in [-0.2, 0) is 23.6 Å². The summed E-state index contributed by atoms with van der Waals surface area (Å²) in [6, 6.07) is 3.04. The molecular formula is C16H19Cl2N2O9P. The number of ether oxygens (including phenoxy) is 3. The summed E-state index contributed by atoms with van der Waals surface area (Å²) in [5, 5.41) is 21.3. The van der Waals surface area contributed by atoms with Crippen molar-refractivity contribution in [2.75, 3.05) is 13.2 Å². The maximum absolute atomic E-state index is 11.8. The van der Waals surface area contributed by atoms with Gasteiger partial charge in [0.2, 0.25) is 0 Å². The van der Waals surface area contributed by atoms with Gasteiger partial charge in [-0.3, -0.25) is 4.57 Å². The van der Waals surface area contributed by atoms with Gasteiger partial charge in [0.05, 0.1) is 40.6 Å². The molecule has 14 heteroatoms. The molecule has 5 atom stereocenters. The van der Waals surface area contributed by atoms with Crippen LogP contribution < -0.4 is 0 Å². The van der Waals surface area contributed by atoms with E-state index in [4.69, 9.17) is 32.7 Å². The first-order valence-corrected chi connectivity index (χ1v) is 11.1. The number of carbonyl (C=O) groups is 1. The number of benzene rings is 1. The molecule has 0 radical (unpaired) electrons. The molecule has 0 amide bonds. The summed E-state index contributed by atoms with van der Waals surface area (Å²) >= 11 is 12.0. The molecule has 1 aliphatic heterocycles. The molecule has 11 nitrogen and oxygen atoms in total. The molecule has 30 heavy (non-hydrogen) atoms. The molecule has 1 aliphatic rings. The van der Waals surface area contributed by atoms with Crippen LogP contribution in [0, 0.1) is 0 Å². The molecule has 1 aromatic heterocycles. The zero-order chi connectivity index (χ0) is 22.2. The minimum Gasteiger partial charge on any atom is -0.464 e. The SMILES string of the molecule is CCOC(=O)[C@H](OC[C@H]1O[C@@H](n2cnc3cc(Cl)c(Cl)cc32)[C@H](O)[C@@H]1O)P(=O)(O)O. The molecule has 2 heterocycles. The lowest BCUT2D eigenvalue weighted by Crippen LogP contribution is -2.36. The number of aromatic nitrogens is 2. The smallest absolute Gasteiger partial charge is 0.365 e. The van der Waals surface area contributed by atoms with Crippen LogP contribution in [0.15, 0.2) is 18.5 Å². The maximum Gasteiger partial charge on any atom is 0.365 e. The van der Waals surface area contributed by atoms with Gasteiger partial charge in [-0.2, -0.15) is 0 Å². The average Bonchev–Trinajstić information content (AvgIpc) is 3.17. The molecule has 0 bridgehead atoms. The standard InChI is InChI=1S/C16H19Cl2N2O9P/c1-2-27-15(23)16(30(24,25)26)28-5-11-12(21)13(22)14(29-11)20-6-19-9-3-7(17)8(18)4-10(9)20/h3-4,6,11-14,16,21-22H,2,5H2,1H3,(H2,24,25,26)/t11-,12-,13-,14-,16-/m1/s1. The van der Waals surface area contributed by atoms with E-state index in [9.17, 15) is 29.4 Å². The quantitative estimate of drug-likeness (QED) is 0.330. The van der Waals surface area contributed by atoms with Gasteiger partial charge in [0, 0.05) is 0 Å². The summed E-state index contributed by atoms with van der Waals surface area (Å²) in [4.78, 5) is 34.6. The normalized spacial score (nSPS) is 25.6. The van der Waals surface area contributed by atoms with Gasteiger partial charge in [0.15, 0.2) is 6.23 Å². The van der Waals surface area contributed by atoms with Crippen LogP contribution in [0.2, 0.25) is 10.0 Å². The summed E-state index contributed by atoms with van der Waals surface area (Å²) in [6.45, 7) is 0.763. The number of aliphatic hydroxyl groups is 2. The van der Waals surface area contributed by atoms with Crippen LogP contribution in [0.25, 0.3) is 11.0 Å². The summed E-state index contributed by atoms with van der Waals surface area (Å²) in [5.41, 5.74) is 0.945. The molecule has 0 spiro atoms. The number of halogens is 2. The van der Waals surface area contributed by atoms with Crippen molar-refractivity contribution in [2.45, 2.75) is 37.3 Å². The van der Waals surface area contributed by atoms with Crippen molar-refractivity contribution < 1.29 is 43.6 Å². The number of rotatable bonds is 7. The lowest BCUT2D eigenvalue weighted by atomic mass is 10.1. The molecule has 1 aromatic carbocycles. The van der Waals surface area contributed by atoms with Crippen LogP contribution in [0.4, 0.5) is 0 Å². The fraction of sp³-hybridized carbons (Fsp3) is 0.500. The molecule has 1 saturated heterocycles. The van der Waals surface area contributed by atoms with E-state index in [0.717, 1.165) is 0 Å². The van der Waals surface area contributed by atoms with Crippen molar-refractivity contribution in [3.63, 3.8) is 0 Å². The predicted octanol–water partition coefficient (Wildman–Crippen LogP) is 1.05. The predicted molar refractivity (Wildman–Crippen MR) is 104 cm³/mol. The largest absolute Gasteiger partial charge is 0.464 e. The van der Waals surface area contributed by atoms with E-state index in [1.165, 1.54) is 30.0 Å². The van der Waals surface area contributed by atoms with Gasteiger partial charge in [-0.05, 0) is 19.1 Å². The average molecular weight is 485 g/mol. The first-order valence-electron chi connectivity index (χ1n) is 8.71. The van der Waals surface area contributed by atoms with Crippen molar-refractivity contribution >= 4 is 47.8 Å². The second kappa shape index (κ2) is 9.07. The van der Waals surface area contributed by atoms with Gasteiger partial charge in [0.1, 0.15) is 18.3 Å². The Hall–Kier alpha value is -1.27. The Morgan fingerprint density at radius 1 is 1.30 bits per heavy atom. The zero-order valence-electron chi connectivity index (χ0n) is 15.5. The number of nitrogens with zero attached hydrogens (tertiary/aromatic N) is 2. The molecular weight excluding hydrogens is 466 g/mol. The number of fused-ring (bicyclic) bond motifs is 1. The van der Waals surface area contributed by atoms with E-state index in [2.05, 4.69) is 9.72 Å². The van der Waals surface area contributed by atoms with Gasteiger partial charge in [-0.1, -0.05) is 23.2 Å². The Morgan fingerprint density at radius 3 is 2.60 bits per heavy atom. The van der Waals surface area contributed by atoms with Crippen molar-refractivity contribution in [1.29, 1.82) is 0 Å². The van der Waals surface area contributed by atoms with Crippen molar-refractivity contribution in [3.8, 4) is 0 Å². The van der Waals surface area contributed by atoms with E-state index >= 15 is 0 Å². The second-order valence-electron chi connectivity index (χ2n) is 6.48. The van der Waals surface area contributed by atoms with E-state index < -0.39 is 50.6 Å². The van der Waals surface area contributed by atoms with E-state index in [1.807, 2.05) is 0 Å². The minimum absolute atomic E-state index is 0.109. The third-order valence-electron chi connectivity index (χ3n) is 4.44. The highest BCUT2D eigenvalue weighted by atomic mass is 35.5. The number of hydrogen-bond donors (Lipinski definition) is 4. The Balaban J connectivity index is 1.78. The van der Waals surface area contributed by atoms with Crippen LogP contribution in [0.1, 0.15) is 13.2 Å². The second-order valence-corrected chi connectivity index (χ2v) is 8.94. The van der Waals surface area contributed by atoms with Crippen LogP contribution in [-0.4, -0.2) is 72.9 Å². The monoisotopic (exact) mass is 484 g/mol. The fourth-order valence-electron chi connectivity index (χ4n) is 3.02. The van der Waals surface area contributed by atoms with Crippen molar-refractivity contribution in [1.82, 2.24) is 9.55 Å². The van der Waals surface area contributed by atoms with Crippen LogP contribution >= 0.6 is 30.8 Å². The summed E-state index contributed by atoms with van der Waals surface area (Å²) in [5.74, 6) is -3.43. The fourth-order valence-corrected chi connectivity index (χ4v) is 3.97. The van der Waals surface area contributed by atoms with Crippen molar-refractivity contribution in [3.05, 3.63) is 28.5 Å². The van der Waals surface area contributed by atoms with E-state index in [-0.39, 0.29) is 16.7 Å². The highest BCUT2D eigenvalue weighted by Crippen LogP contribution is 2.43. The minimum atomic E-state index is -5.00. The summed E-state index contributed by atoms with van der Waals surface area (Å²) in [7, 11) is -5.00. The van der Waals surface area contributed by atoms with Gasteiger partial charge >= 0.3 is 13.6 Å². The molecule has 166 valence electrons. The highest BCUT2D eigenvalue weighted by Gasteiger charge is 2.46. The number of carbonyl (C=O) groups excluding carboxylic acids is 1. The van der Waals surface area contributed by atoms with Crippen LogP contribution in [0.5, 0.6) is 0 Å². The molecule has 1 fully saturated rings. The molecule has 0 aliphatic carbocycles. The van der Waals surface area contributed by atoms with Crippen molar-refractivity contribution in [2.24, 2.45) is 0 Å². The third kappa shape index (κ3) is 4.64. The van der Waals surface area contributed by atoms with E-state index in [0.29, 0.717) is 11.0 Å². The Bertz CT molecular complexity index is 981. The Kier molecular flexibility index (Phi) is 7.08.